The van der Waals surface area contributed by atoms with E-state index in [2.05, 4.69) is 52.0 Å². The highest BCUT2D eigenvalue weighted by Crippen LogP contribution is 2.21. The lowest BCUT2D eigenvalue weighted by Gasteiger charge is -2.30. The van der Waals surface area contributed by atoms with Gasteiger partial charge in [-0.25, -0.2) is 0 Å². The lowest BCUT2D eigenvalue weighted by atomic mass is 9.97. The molecule has 2 aromatic carbocycles. The molecule has 1 atom stereocenters. The highest BCUT2D eigenvalue weighted by Gasteiger charge is 2.24. The van der Waals surface area contributed by atoms with Crippen LogP contribution in [0.25, 0.3) is 0 Å². The molecule has 0 aliphatic heterocycles. The minimum Gasteiger partial charge on any atom is -0.489 e. The van der Waals surface area contributed by atoms with Crippen LogP contribution in [0.2, 0.25) is 0 Å². The molecule has 0 saturated carbocycles. The van der Waals surface area contributed by atoms with Gasteiger partial charge in [-0.1, -0.05) is 69.2 Å². The van der Waals surface area contributed by atoms with Gasteiger partial charge in [-0.15, -0.1) is 0 Å². The Hall–Kier alpha value is -2.29. The fourth-order valence-electron chi connectivity index (χ4n) is 3.33. The molecule has 0 heterocycles. The van der Waals surface area contributed by atoms with Gasteiger partial charge in [0.15, 0.2) is 0 Å². The zero-order valence-electron chi connectivity index (χ0n) is 17.9. The van der Waals surface area contributed by atoms with Crippen LogP contribution in [0.1, 0.15) is 64.5 Å². The Labute approximate surface area is 170 Å². The Morgan fingerprint density at radius 2 is 1.64 bits per heavy atom. The molecule has 2 aromatic rings. The van der Waals surface area contributed by atoms with Crippen LogP contribution in [0.4, 0.5) is 0 Å². The Kier molecular flexibility index (Phi) is 9.06. The molecule has 2 rings (SSSR count). The number of amides is 1. The Morgan fingerprint density at radius 1 is 0.964 bits per heavy atom. The molecule has 0 bridgehead atoms. The summed E-state index contributed by atoms with van der Waals surface area (Å²) in [5.41, 5.74) is 2.29. The molecule has 28 heavy (non-hydrogen) atoms. The number of hydrogen-bond acceptors (Lipinski definition) is 2. The minimum absolute atomic E-state index is 0.135. The second-order valence-electron chi connectivity index (χ2n) is 7.73. The molecule has 0 radical (unpaired) electrons. The van der Waals surface area contributed by atoms with Crippen LogP contribution in [-0.2, 0) is 17.9 Å². The SMILES string of the molecule is CCCCC(CC)C(=O)N(Cc1ccc(OCc2ccccc2)cc1)C(C)C. The van der Waals surface area contributed by atoms with Crippen molar-refractivity contribution in [1.29, 1.82) is 0 Å². The molecule has 0 aromatic heterocycles. The number of benzene rings is 2. The van der Waals surface area contributed by atoms with Crippen LogP contribution in [0.3, 0.4) is 0 Å². The van der Waals surface area contributed by atoms with Crippen molar-refractivity contribution in [2.75, 3.05) is 0 Å². The lowest BCUT2D eigenvalue weighted by Crippen LogP contribution is -2.40. The molecule has 3 nitrogen and oxygen atoms in total. The predicted molar refractivity (Wildman–Crippen MR) is 116 cm³/mol. The van der Waals surface area contributed by atoms with Crippen LogP contribution < -0.4 is 4.74 Å². The summed E-state index contributed by atoms with van der Waals surface area (Å²) >= 11 is 0. The number of nitrogens with zero attached hydrogens (tertiary/aromatic N) is 1. The largest absolute Gasteiger partial charge is 0.489 e. The summed E-state index contributed by atoms with van der Waals surface area (Å²) in [5.74, 6) is 1.27. The van der Waals surface area contributed by atoms with Gasteiger partial charge in [0.2, 0.25) is 5.91 Å². The molecule has 1 unspecified atom stereocenters. The minimum atomic E-state index is 0.135. The fourth-order valence-corrected chi connectivity index (χ4v) is 3.33. The van der Waals surface area contributed by atoms with E-state index >= 15 is 0 Å². The molecular formula is C25H35NO2. The van der Waals surface area contributed by atoms with Crippen molar-refractivity contribution in [1.82, 2.24) is 4.90 Å². The predicted octanol–water partition coefficient (Wildman–Crippen LogP) is 6.22. The first-order valence-electron chi connectivity index (χ1n) is 10.6. The van der Waals surface area contributed by atoms with Crippen LogP contribution in [0.5, 0.6) is 5.75 Å². The number of carbonyl (C=O) groups excluding carboxylic acids is 1. The summed E-state index contributed by atoms with van der Waals surface area (Å²) in [7, 11) is 0. The number of ether oxygens (including phenoxy) is 1. The van der Waals surface area contributed by atoms with Gasteiger partial charge in [0, 0.05) is 18.5 Å². The molecule has 3 heteroatoms. The average molecular weight is 382 g/mol. The van der Waals surface area contributed by atoms with Crippen LogP contribution in [-0.4, -0.2) is 16.8 Å². The van der Waals surface area contributed by atoms with E-state index in [-0.39, 0.29) is 17.9 Å². The first-order valence-corrected chi connectivity index (χ1v) is 10.6. The molecule has 0 aliphatic rings. The van der Waals surface area contributed by atoms with Gasteiger partial charge >= 0.3 is 0 Å². The van der Waals surface area contributed by atoms with Crippen molar-refractivity contribution in [3.05, 3.63) is 65.7 Å². The van der Waals surface area contributed by atoms with Gasteiger partial charge in [-0.05, 0) is 49.9 Å². The van der Waals surface area contributed by atoms with Crippen molar-refractivity contribution in [3.8, 4) is 5.75 Å². The van der Waals surface area contributed by atoms with Crippen molar-refractivity contribution in [3.63, 3.8) is 0 Å². The second kappa shape index (κ2) is 11.5. The van der Waals surface area contributed by atoms with E-state index in [4.69, 9.17) is 4.74 Å². The number of hydrogen-bond donors (Lipinski definition) is 0. The third-order valence-electron chi connectivity index (χ3n) is 5.18. The van der Waals surface area contributed by atoms with Crippen LogP contribution >= 0.6 is 0 Å². The van der Waals surface area contributed by atoms with E-state index < -0.39 is 0 Å². The van der Waals surface area contributed by atoms with Gasteiger partial charge in [0.1, 0.15) is 12.4 Å². The van der Waals surface area contributed by atoms with E-state index in [9.17, 15) is 4.79 Å². The summed E-state index contributed by atoms with van der Waals surface area (Å²) in [6.07, 6.45) is 4.15. The van der Waals surface area contributed by atoms with Crippen molar-refractivity contribution < 1.29 is 9.53 Å². The van der Waals surface area contributed by atoms with Crippen molar-refractivity contribution in [2.45, 2.75) is 72.6 Å². The molecule has 152 valence electrons. The van der Waals surface area contributed by atoms with Crippen molar-refractivity contribution in [2.24, 2.45) is 5.92 Å². The van der Waals surface area contributed by atoms with Gasteiger partial charge in [-0.2, -0.15) is 0 Å². The topological polar surface area (TPSA) is 29.5 Å². The molecule has 0 spiro atoms. The molecule has 0 fully saturated rings. The Balaban J connectivity index is 1.97. The normalized spacial score (nSPS) is 12.0. The smallest absolute Gasteiger partial charge is 0.226 e. The first-order chi connectivity index (χ1) is 13.5. The number of unbranched alkanes of at least 4 members (excludes halogenated alkanes) is 1. The summed E-state index contributed by atoms with van der Waals surface area (Å²) in [6.45, 7) is 9.71. The monoisotopic (exact) mass is 381 g/mol. The maximum atomic E-state index is 13.1. The first kappa shape index (κ1) is 22.0. The Bertz CT molecular complexity index is 694. The molecule has 0 saturated heterocycles. The van der Waals surface area contributed by atoms with E-state index in [1.807, 2.05) is 35.2 Å². The molecule has 0 N–H and O–H groups in total. The standard InChI is InChI=1S/C25H35NO2/c1-5-7-13-23(6-2)25(27)26(20(3)4)18-21-14-16-24(17-15-21)28-19-22-11-9-8-10-12-22/h8-12,14-17,20,23H,5-7,13,18-19H2,1-4H3. The van der Waals surface area contributed by atoms with E-state index in [0.29, 0.717) is 13.2 Å². The van der Waals surface area contributed by atoms with Crippen LogP contribution in [0, 0.1) is 5.92 Å². The van der Waals surface area contributed by atoms with E-state index in [1.54, 1.807) is 0 Å². The van der Waals surface area contributed by atoms with Gasteiger partial charge in [0.25, 0.3) is 0 Å². The fraction of sp³-hybridized carbons (Fsp3) is 0.480. The third-order valence-corrected chi connectivity index (χ3v) is 5.18. The summed E-state index contributed by atoms with van der Waals surface area (Å²) in [4.78, 5) is 15.1. The number of carbonyl (C=O) groups is 1. The van der Waals surface area contributed by atoms with Crippen LogP contribution in [0.15, 0.2) is 54.6 Å². The highest BCUT2D eigenvalue weighted by molar-refractivity contribution is 5.79. The van der Waals surface area contributed by atoms with E-state index in [1.165, 1.54) is 0 Å². The quantitative estimate of drug-likeness (QED) is 0.462. The summed E-state index contributed by atoms with van der Waals surface area (Å²) < 4.78 is 5.87. The summed E-state index contributed by atoms with van der Waals surface area (Å²) in [5, 5.41) is 0. The van der Waals surface area contributed by atoms with E-state index in [0.717, 1.165) is 42.6 Å². The lowest BCUT2D eigenvalue weighted by molar-refractivity contribution is -0.138. The third kappa shape index (κ3) is 6.70. The maximum absolute atomic E-state index is 13.1. The highest BCUT2D eigenvalue weighted by atomic mass is 16.5. The Morgan fingerprint density at radius 3 is 2.21 bits per heavy atom. The zero-order valence-corrected chi connectivity index (χ0v) is 17.9. The van der Waals surface area contributed by atoms with Crippen molar-refractivity contribution >= 4 is 5.91 Å². The average Bonchev–Trinajstić information content (AvgIpc) is 2.72. The second-order valence-corrected chi connectivity index (χ2v) is 7.73. The van der Waals surface area contributed by atoms with Gasteiger partial charge in [0.05, 0.1) is 0 Å². The molecule has 0 aliphatic carbocycles. The zero-order chi connectivity index (χ0) is 20.4. The van der Waals surface area contributed by atoms with Gasteiger partial charge < -0.3 is 9.64 Å². The van der Waals surface area contributed by atoms with Gasteiger partial charge in [-0.3, -0.25) is 4.79 Å². The molecular weight excluding hydrogens is 346 g/mol. The number of rotatable bonds is 11. The molecule has 1 amide bonds. The summed E-state index contributed by atoms with van der Waals surface area (Å²) in [6, 6.07) is 18.5. The maximum Gasteiger partial charge on any atom is 0.226 e.